The fraction of sp³-hybridized carbons (Fsp3) is 0.818. The Labute approximate surface area is 100 Å². The van der Waals surface area contributed by atoms with Gasteiger partial charge in [-0.15, -0.1) is 0 Å². The van der Waals surface area contributed by atoms with Crippen molar-refractivity contribution in [2.24, 2.45) is 5.41 Å². The van der Waals surface area contributed by atoms with Crippen LogP contribution in [0.1, 0.15) is 44.9 Å². The maximum Gasteiger partial charge on any atom is 0.202 e. The molecule has 2 rings (SSSR count). The van der Waals surface area contributed by atoms with Gasteiger partial charge in [0.1, 0.15) is 5.82 Å². The van der Waals surface area contributed by atoms with Gasteiger partial charge in [0, 0.05) is 30.6 Å². The molecule has 1 heterocycles. The van der Waals surface area contributed by atoms with Gasteiger partial charge in [0.25, 0.3) is 0 Å². The van der Waals surface area contributed by atoms with E-state index in [-0.39, 0.29) is 6.61 Å². The first kappa shape index (κ1) is 11.8. The minimum absolute atomic E-state index is 0.287. The summed E-state index contributed by atoms with van der Waals surface area (Å²) in [5.41, 5.74) is 0.332. The summed E-state index contributed by atoms with van der Waals surface area (Å²) in [5.74, 6) is 1.30. The molecule has 1 fully saturated rings. The van der Waals surface area contributed by atoms with Crippen molar-refractivity contribution >= 4 is 16.7 Å². The summed E-state index contributed by atoms with van der Waals surface area (Å²) in [6, 6.07) is 0. The van der Waals surface area contributed by atoms with E-state index < -0.39 is 0 Å². The minimum Gasteiger partial charge on any atom is -0.396 e. The van der Waals surface area contributed by atoms with E-state index in [4.69, 9.17) is 5.11 Å². The zero-order valence-corrected chi connectivity index (χ0v) is 10.7. The lowest BCUT2D eigenvalue weighted by Gasteiger charge is -2.13. The average Bonchev–Trinajstić information content (AvgIpc) is 2.84. The maximum absolute atomic E-state index is 8.96. The molecule has 0 saturated heterocycles. The van der Waals surface area contributed by atoms with Crippen molar-refractivity contribution in [3.63, 3.8) is 0 Å². The molecule has 0 radical (unpaired) electrons. The predicted molar refractivity (Wildman–Crippen MR) is 65.9 cm³/mol. The molecule has 16 heavy (non-hydrogen) atoms. The van der Waals surface area contributed by atoms with E-state index in [0.717, 1.165) is 23.9 Å². The zero-order valence-electron chi connectivity index (χ0n) is 9.86. The van der Waals surface area contributed by atoms with Crippen molar-refractivity contribution < 1.29 is 5.11 Å². The molecule has 1 aliphatic carbocycles. The monoisotopic (exact) mass is 241 g/mol. The van der Waals surface area contributed by atoms with Crippen molar-refractivity contribution in [3.8, 4) is 0 Å². The summed E-state index contributed by atoms with van der Waals surface area (Å²) in [6.07, 6.45) is 3.34. The fourth-order valence-corrected chi connectivity index (χ4v) is 2.44. The fourth-order valence-electron chi connectivity index (χ4n) is 1.73. The summed E-state index contributed by atoms with van der Waals surface area (Å²) in [4.78, 5) is 4.43. The Morgan fingerprint density at radius 1 is 1.50 bits per heavy atom. The number of aliphatic hydroxyl groups is 1. The second-order valence-corrected chi connectivity index (χ2v) is 5.69. The Morgan fingerprint density at radius 2 is 2.25 bits per heavy atom. The van der Waals surface area contributed by atoms with Crippen LogP contribution in [0.15, 0.2) is 0 Å². The molecule has 0 bridgehead atoms. The molecule has 0 atom stereocenters. The molecule has 4 nitrogen and oxygen atoms in total. The first-order valence-electron chi connectivity index (χ1n) is 5.83. The summed E-state index contributed by atoms with van der Waals surface area (Å²) in [5, 5.41) is 13.2. The van der Waals surface area contributed by atoms with Crippen LogP contribution in [-0.2, 0) is 0 Å². The number of aliphatic hydroxyl groups excluding tert-OH is 1. The molecule has 1 saturated carbocycles. The largest absolute Gasteiger partial charge is 0.396 e. The summed E-state index contributed by atoms with van der Waals surface area (Å²) in [6.45, 7) is 5.40. The molecular weight excluding hydrogens is 222 g/mol. The second kappa shape index (κ2) is 4.67. The first-order chi connectivity index (χ1) is 7.65. The van der Waals surface area contributed by atoms with Crippen LogP contribution in [0, 0.1) is 5.41 Å². The third-order valence-electron chi connectivity index (χ3n) is 3.17. The highest BCUT2D eigenvalue weighted by Gasteiger charge is 2.41. The normalized spacial score (nSPS) is 17.8. The lowest BCUT2D eigenvalue weighted by molar-refractivity contribution is 0.253. The smallest absolute Gasteiger partial charge is 0.202 e. The molecule has 90 valence electrons. The number of rotatable bonds is 6. The van der Waals surface area contributed by atoms with Gasteiger partial charge in [0.2, 0.25) is 5.13 Å². The molecule has 0 spiro atoms. The Kier molecular flexibility index (Phi) is 3.44. The molecule has 1 aromatic rings. The van der Waals surface area contributed by atoms with Crippen LogP contribution in [0.4, 0.5) is 5.13 Å². The molecule has 0 unspecified atom stereocenters. The predicted octanol–water partition coefficient (Wildman–Crippen LogP) is 2.24. The minimum atomic E-state index is 0.287. The SMILES string of the molecule is CC(C)c1nsc(NCC2(CCO)CC2)n1. The molecule has 5 heteroatoms. The van der Waals surface area contributed by atoms with Gasteiger partial charge in [0.05, 0.1) is 0 Å². The van der Waals surface area contributed by atoms with Crippen LogP contribution in [0.5, 0.6) is 0 Å². The van der Waals surface area contributed by atoms with E-state index >= 15 is 0 Å². The molecule has 0 aromatic carbocycles. The number of hydrogen-bond donors (Lipinski definition) is 2. The lowest BCUT2D eigenvalue weighted by atomic mass is 10.0. The van der Waals surface area contributed by atoms with Gasteiger partial charge in [0.15, 0.2) is 0 Å². The summed E-state index contributed by atoms with van der Waals surface area (Å²) in [7, 11) is 0. The number of nitrogens with zero attached hydrogens (tertiary/aromatic N) is 2. The van der Waals surface area contributed by atoms with E-state index in [1.54, 1.807) is 0 Å². The lowest BCUT2D eigenvalue weighted by Crippen LogP contribution is -2.16. The standard InChI is InChI=1S/C11H19N3OS/c1-8(2)9-13-10(16-14-9)12-7-11(3-4-11)5-6-15/h8,15H,3-7H2,1-2H3,(H,12,13,14). The van der Waals surface area contributed by atoms with E-state index in [1.807, 2.05) is 0 Å². The Bertz CT molecular complexity index is 347. The quantitative estimate of drug-likeness (QED) is 0.802. The van der Waals surface area contributed by atoms with E-state index in [9.17, 15) is 0 Å². The van der Waals surface area contributed by atoms with Crippen LogP contribution < -0.4 is 5.32 Å². The van der Waals surface area contributed by atoms with Crippen molar-refractivity contribution in [1.29, 1.82) is 0 Å². The van der Waals surface area contributed by atoms with Crippen LogP contribution in [0.3, 0.4) is 0 Å². The third kappa shape index (κ3) is 2.71. The van der Waals surface area contributed by atoms with Crippen LogP contribution in [0.25, 0.3) is 0 Å². The van der Waals surface area contributed by atoms with Crippen LogP contribution in [0.2, 0.25) is 0 Å². The highest BCUT2D eigenvalue weighted by Crippen LogP contribution is 2.48. The molecular formula is C11H19N3OS. The summed E-state index contributed by atoms with van der Waals surface area (Å²) >= 11 is 1.43. The topological polar surface area (TPSA) is 58.0 Å². The van der Waals surface area contributed by atoms with E-state index in [2.05, 4.69) is 28.5 Å². The van der Waals surface area contributed by atoms with Crippen molar-refractivity contribution in [2.45, 2.75) is 39.0 Å². The Hall–Kier alpha value is -0.680. The first-order valence-corrected chi connectivity index (χ1v) is 6.61. The van der Waals surface area contributed by atoms with Gasteiger partial charge in [-0.1, -0.05) is 13.8 Å². The highest BCUT2D eigenvalue weighted by molar-refractivity contribution is 7.09. The molecule has 1 aliphatic rings. The van der Waals surface area contributed by atoms with E-state index in [0.29, 0.717) is 11.3 Å². The van der Waals surface area contributed by atoms with Gasteiger partial charge in [-0.25, -0.2) is 4.98 Å². The zero-order chi connectivity index (χ0) is 11.6. The second-order valence-electron chi connectivity index (χ2n) is 4.94. The number of anilines is 1. The maximum atomic E-state index is 8.96. The molecule has 0 amide bonds. The number of hydrogen-bond acceptors (Lipinski definition) is 5. The van der Waals surface area contributed by atoms with Crippen molar-refractivity contribution in [2.75, 3.05) is 18.5 Å². The van der Waals surface area contributed by atoms with Crippen LogP contribution in [-0.4, -0.2) is 27.6 Å². The average molecular weight is 241 g/mol. The van der Waals surface area contributed by atoms with Gasteiger partial charge < -0.3 is 10.4 Å². The van der Waals surface area contributed by atoms with Crippen LogP contribution >= 0.6 is 11.5 Å². The highest BCUT2D eigenvalue weighted by atomic mass is 32.1. The van der Waals surface area contributed by atoms with Gasteiger partial charge in [-0.05, 0) is 24.7 Å². The molecule has 1 aromatic heterocycles. The third-order valence-corrected chi connectivity index (χ3v) is 3.86. The molecule has 2 N–H and O–H groups in total. The van der Waals surface area contributed by atoms with Gasteiger partial charge in [-0.2, -0.15) is 4.37 Å². The van der Waals surface area contributed by atoms with Gasteiger partial charge in [-0.3, -0.25) is 0 Å². The van der Waals surface area contributed by atoms with Crippen molar-refractivity contribution in [1.82, 2.24) is 9.36 Å². The van der Waals surface area contributed by atoms with E-state index in [1.165, 1.54) is 24.4 Å². The number of aromatic nitrogens is 2. The Balaban J connectivity index is 1.85. The number of nitrogens with one attached hydrogen (secondary N) is 1. The Morgan fingerprint density at radius 3 is 2.75 bits per heavy atom. The molecule has 0 aliphatic heterocycles. The van der Waals surface area contributed by atoms with Gasteiger partial charge >= 0.3 is 0 Å². The van der Waals surface area contributed by atoms with Crippen molar-refractivity contribution in [3.05, 3.63) is 5.82 Å². The summed E-state index contributed by atoms with van der Waals surface area (Å²) < 4.78 is 4.30.